The first kappa shape index (κ1) is 16.1. The van der Waals surface area contributed by atoms with Gasteiger partial charge in [0.05, 0.1) is 0 Å². The van der Waals surface area contributed by atoms with Crippen LogP contribution in [0.4, 0.5) is 15.4 Å². The van der Waals surface area contributed by atoms with Gasteiger partial charge in [-0.3, -0.25) is 5.32 Å². The van der Waals surface area contributed by atoms with Crippen LogP contribution in [0.15, 0.2) is 10.6 Å². The van der Waals surface area contributed by atoms with Crippen LogP contribution in [0.3, 0.4) is 0 Å². The van der Waals surface area contributed by atoms with Gasteiger partial charge in [-0.1, -0.05) is 25.9 Å². The van der Waals surface area contributed by atoms with E-state index < -0.39 is 6.09 Å². The van der Waals surface area contributed by atoms with E-state index in [1.54, 1.807) is 11.0 Å². The van der Waals surface area contributed by atoms with E-state index in [2.05, 4.69) is 10.5 Å². The van der Waals surface area contributed by atoms with Crippen molar-refractivity contribution >= 4 is 17.9 Å². The first-order valence-corrected chi connectivity index (χ1v) is 7.28. The lowest BCUT2D eigenvalue weighted by Crippen LogP contribution is -2.39. The SMILES string of the molecule is CC(C)(C)c1cc(NC(=O)N2CCCN(C(=O)O)CC2)no1. The third kappa shape index (κ3) is 3.90. The van der Waals surface area contributed by atoms with E-state index in [1.165, 1.54) is 4.90 Å². The second-order valence-electron chi connectivity index (χ2n) is 6.37. The highest BCUT2D eigenvalue weighted by Crippen LogP contribution is 2.24. The Bertz CT molecular complexity index is 549. The molecule has 0 aromatic carbocycles. The fourth-order valence-corrected chi connectivity index (χ4v) is 2.19. The molecule has 1 aliphatic rings. The largest absolute Gasteiger partial charge is 0.465 e. The van der Waals surface area contributed by atoms with Crippen molar-refractivity contribution in [3.63, 3.8) is 0 Å². The van der Waals surface area contributed by atoms with Crippen molar-refractivity contribution in [2.24, 2.45) is 0 Å². The van der Waals surface area contributed by atoms with Gasteiger partial charge >= 0.3 is 12.1 Å². The minimum atomic E-state index is -0.950. The molecule has 1 aromatic rings. The van der Waals surface area contributed by atoms with E-state index in [4.69, 9.17) is 9.63 Å². The number of aromatic nitrogens is 1. The molecule has 2 N–H and O–H groups in total. The fourth-order valence-electron chi connectivity index (χ4n) is 2.19. The summed E-state index contributed by atoms with van der Waals surface area (Å²) in [6, 6.07) is 1.42. The summed E-state index contributed by atoms with van der Waals surface area (Å²) in [7, 11) is 0. The first-order valence-electron chi connectivity index (χ1n) is 7.28. The van der Waals surface area contributed by atoms with Crippen LogP contribution < -0.4 is 5.32 Å². The van der Waals surface area contributed by atoms with Crippen LogP contribution in [-0.2, 0) is 5.41 Å². The second-order valence-corrected chi connectivity index (χ2v) is 6.37. The molecule has 1 fully saturated rings. The zero-order valence-corrected chi connectivity index (χ0v) is 13.1. The molecular formula is C14H22N4O4. The van der Waals surface area contributed by atoms with Crippen LogP contribution >= 0.6 is 0 Å². The van der Waals surface area contributed by atoms with E-state index in [9.17, 15) is 9.59 Å². The molecule has 22 heavy (non-hydrogen) atoms. The van der Waals surface area contributed by atoms with Crippen LogP contribution in [0.1, 0.15) is 33.0 Å². The van der Waals surface area contributed by atoms with Crippen molar-refractivity contribution < 1.29 is 19.2 Å². The molecule has 0 radical (unpaired) electrons. The number of carbonyl (C=O) groups is 2. The molecule has 122 valence electrons. The zero-order chi connectivity index (χ0) is 16.3. The summed E-state index contributed by atoms with van der Waals surface area (Å²) in [6.07, 6.45) is -0.334. The lowest BCUT2D eigenvalue weighted by atomic mass is 9.93. The van der Waals surface area contributed by atoms with Crippen molar-refractivity contribution in [1.29, 1.82) is 0 Å². The second kappa shape index (κ2) is 6.25. The van der Waals surface area contributed by atoms with Gasteiger partial charge in [-0.05, 0) is 6.42 Å². The van der Waals surface area contributed by atoms with Gasteiger partial charge in [-0.2, -0.15) is 0 Å². The van der Waals surface area contributed by atoms with Gasteiger partial charge in [0.2, 0.25) is 0 Å². The van der Waals surface area contributed by atoms with Crippen LogP contribution in [-0.4, -0.2) is 58.4 Å². The molecule has 0 bridgehead atoms. The highest BCUT2D eigenvalue weighted by molar-refractivity contribution is 5.88. The number of nitrogens with zero attached hydrogens (tertiary/aromatic N) is 3. The van der Waals surface area contributed by atoms with E-state index in [0.29, 0.717) is 44.2 Å². The van der Waals surface area contributed by atoms with Crippen molar-refractivity contribution in [1.82, 2.24) is 15.0 Å². The van der Waals surface area contributed by atoms with Gasteiger partial charge in [-0.15, -0.1) is 0 Å². The Labute approximate surface area is 129 Å². The Kier molecular flexibility index (Phi) is 4.58. The van der Waals surface area contributed by atoms with Gasteiger partial charge in [0.25, 0.3) is 0 Å². The lowest BCUT2D eigenvalue weighted by molar-refractivity contribution is 0.146. The third-order valence-electron chi connectivity index (χ3n) is 3.54. The van der Waals surface area contributed by atoms with E-state index >= 15 is 0 Å². The predicted molar refractivity (Wildman–Crippen MR) is 80.0 cm³/mol. The Morgan fingerprint density at radius 1 is 1.23 bits per heavy atom. The highest BCUT2D eigenvalue weighted by Gasteiger charge is 2.24. The summed E-state index contributed by atoms with van der Waals surface area (Å²) in [4.78, 5) is 26.1. The number of nitrogens with one attached hydrogen (secondary N) is 1. The molecule has 1 aliphatic heterocycles. The number of amides is 3. The molecule has 1 saturated heterocycles. The Hall–Kier alpha value is -2.25. The maximum atomic E-state index is 12.2. The molecule has 3 amide bonds. The number of carboxylic acid groups (broad SMARTS) is 1. The van der Waals surface area contributed by atoms with Crippen LogP contribution in [0.2, 0.25) is 0 Å². The minimum Gasteiger partial charge on any atom is -0.465 e. The molecule has 0 aliphatic carbocycles. The van der Waals surface area contributed by atoms with Gasteiger partial charge in [0, 0.05) is 37.7 Å². The number of carbonyl (C=O) groups excluding carboxylic acids is 1. The molecule has 0 spiro atoms. The number of urea groups is 1. The normalized spacial score (nSPS) is 16.3. The summed E-state index contributed by atoms with van der Waals surface area (Å²) in [5, 5.41) is 15.5. The van der Waals surface area contributed by atoms with Crippen molar-refractivity contribution in [3.05, 3.63) is 11.8 Å². The van der Waals surface area contributed by atoms with Crippen molar-refractivity contribution in [2.75, 3.05) is 31.5 Å². The quantitative estimate of drug-likeness (QED) is 0.828. The fraction of sp³-hybridized carbons (Fsp3) is 0.643. The summed E-state index contributed by atoms with van der Waals surface area (Å²) >= 11 is 0. The maximum absolute atomic E-state index is 12.2. The van der Waals surface area contributed by atoms with E-state index in [1.807, 2.05) is 20.8 Å². The molecule has 8 nitrogen and oxygen atoms in total. The standard InChI is InChI=1S/C14H22N4O4/c1-14(2,3)10-9-11(16-22-10)15-12(19)17-5-4-6-18(8-7-17)13(20)21/h9H,4-8H2,1-3H3,(H,20,21)(H,15,16,19). The number of hydrogen-bond acceptors (Lipinski definition) is 4. The molecule has 0 atom stereocenters. The van der Waals surface area contributed by atoms with Gasteiger partial charge in [0.15, 0.2) is 5.82 Å². The van der Waals surface area contributed by atoms with Crippen molar-refractivity contribution in [3.8, 4) is 0 Å². The predicted octanol–water partition coefficient (Wildman–Crippen LogP) is 2.19. The van der Waals surface area contributed by atoms with Crippen LogP contribution in [0.5, 0.6) is 0 Å². The van der Waals surface area contributed by atoms with Crippen LogP contribution in [0, 0.1) is 0 Å². The van der Waals surface area contributed by atoms with Crippen molar-refractivity contribution in [2.45, 2.75) is 32.6 Å². The first-order chi connectivity index (χ1) is 10.3. The van der Waals surface area contributed by atoms with Crippen LogP contribution in [0.25, 0.3) is 0 Å². The average Bonchev–Trinajstić information content (AvgIpc) is 2.74. The topological polar surface area (TPSA) is 98.9 Å². The zero-order valence-electron chi connectivity index (χ0n) is 13.1. The smallest absolute Gasteiger partial charge is 0.407 e. The minimum absolute atomic E-state index is 0.180. The maximum Gasteiger partial charge on any atom is 0.407 e. The molecule has 0 unspecified atom stereocenters. The summed E-state index contributed by atoms with van der Waals surface area (Å²) < 4.78 is 5.22. The van der Waals surface area contributed by atoms with E-state index in [0.717, 1.165) is 0 Å². The average molecular weight is 310 g/mol. The number of anilines is 1. The summed E-state index contributed by atoms with van der Waals surface area (Å²) in [5.41, 5.74) is -0.180. The molecule has 8 heteroatoms. The van der Waals surface area contributed by atoms with E-state index in [-0.39, 0.29) is 11.4 Å². The van der Waals surface area contributed by atoms with Gasteiger partial charge in [0.1, 0.15) is 5.76 Å². The summed E-state index contributed by atoms with van der Waals surface area (Å²) in [5.74, 6) is 1.06. The molecule has 2 rings (SSSR count). The Morgan fingerprint density at radius 3 is 2.45 bits per heavy atom. The Balaban J connectivity index is 1.94. The third-order valence-corrected chi connectivity index (χ3v) is 3.54. The lowest BCUT2D eigenvalue weighted by Gasteiger charge is -2.20. The van der Waals surface area contributed by atoms with Gasteiger partial charge < -0.3 is 19.4 Å². The number of rotatable bonds is 1. The highest BCUT2D eigenvalue weighted by atomic mass is 16.5. The molecule has 0 saturated carbocycles. The Morgan fingerprint density at radius 2 is 1.86 bits per heavy atom. The monoisotopic (exact) mass is 310 g/mol. The number of hydrogen-bond donors (Lipinski definition) is 2. The molecule has 2 heterocycles. The summed E-state index contributed by atoms with van der Waals surface area (Å²) in [6.45, 7) is 7.62. The molecular weight excluding hydrogens is 288 g/mol. The molecule has 1 aromatic heterocycles. The van der Waals surface area contributed by atoms with Gasteiger partial charge in [-0.25, -0.2) is 9.59 Å².